The van der Waals surface area contributed by atoms with Crippen molar-refractivity contribution in [3.05, 3.63) is 88.2 Å². The Hall–Kier alpha value is -3.59. The van der Waals surface area contributed by atoms with Gasteiger partial charge in [-0.3, -0.25) is 14.8 Å². The first kappa shape index (κ1) is 24.5. The predicted octanol–water partition coefficient (Wildman–Crippen LogP) is 5.26. The van der Waals surface area contributed by atoms with Gasteiger partial charge in [-0.2, -0.15) is 13.2 Å². The van der Waals surface area contributed by atoms with Gasteiger partial charge >= 0.3 is 6.18 Å². The number of hydrogen-bond acceptors (Lipinski definition) is 5. The van der Waals surface area contributed by atoms with Crippen LogP contribution >= 0.6 is 11.6 Å². The van der Waals surface area contributed by atoms with Crippen molar-refractivity contribution in [2.75, 3.05) is 19.6 Å². The highest BCUT2D eigenvalue weighted by Crippen LogP contribution is 2.35. The van der Waals surface area contributed by atoms with Gasteiger partial charge in [0.25, 0.3) is 5.91 Å². The van der Waals surface area contributed by atoms with Crippen molar-refractivity contribution in [2.24, 2.45) is 4.99 Å². The highest BCUT2D eigenvalue weighted by molar-refractivity contribution is 6.31. The fourth-order valence-electron chi connectivity index (χ4n) is 3.52. The molecular weight excluding hydrogens is 481 g/mol. The molecule has 0 spiro atoms. The summed E-state index contributed by atoms with van der Waals surface area (Å²) in [5.74, 6) is 1.35. The lowest BCUT2D eigenvalue weighted by Gasteiger charge is -2.14. The first-order chi connectivity index (χ1) is 16.8. The zero-order valence-electron chi connectivity index (χ0n) is 18.5. The number of nitrogens with one attached hydrogen (secondary N) is 2. The molecule has 10 heteroatoms. The van der Waals surface area contributed by atoms with E-state index in [0.717, 1.165) is 43.0 Å². The highest BCUT2D eigenvalue weighted by atomic mass is 35.5. The summed E-state index contributed by atoms with van der Waals surface area (Å²) in [6, 6.07) is 14.0. The Morgan fingerprint density at radius 3 is 2.71 bits per heavy atom. The maximum atomic E-state index is 13.0. The topological polar surface area (TPSA) is 75.6 Å². The third-order valence-corrected chi connectivity index (χ3v) is 5.57. The molecule has 2 aromatic carbocycles. The molecule has 182 valence electrons. The van der Waals surface area contributed by atoms with Crippen LogP contribution in [0.2, 0.25) is 5.02 Å². The molecule has 2 N–H and O–H groups in total. The van der Waals surface area contributed by atoms with Crippen molar-refractivity contribution >= 4 is 23.3 Å². The first-order valence-electron chi connectivity index (χ1n) is 11.0. The summed E-state index contributed by atoms with van der Waals surface area (Å²) in [6.45, 7) is 1.85. The fourth-order valence-corrected chi connectivity index (χ4v) is 3.74. The monoisotopic (exact) mass is 502 g/mol. The average molecular weight is 503 g/mol. The number of alkyl halides is 3. The van der Waals surface area contributed by atoms with Crippen molar-refractivity contribution < 1.29 is 22.7 Å². The SMILES string of the molecule is O=C(NCCc1cccc(Oc2ccnc(C3=NCCCN3)c2)c1)c1ccc(Cl)c(C(F)(F)F)c1. The number of amidine groups is 1. The van der Waals surface area contributed by atoms with Crippen LogP contribution in [0.4, 0.5) is 13.2 Å². The molecule has 0 fully saturated rings. The summed E-state index contributed by atoms with van der Waals surface area (Å²) >= 11 is 5.61. The Balaban J connectivity index is 1.36. The Kier molecular flexibility index (Phi) is 7.55. The molecule has 35 heavy (non-hydrogen) atoms. The quantitative estimate of drug-likeness (QED) is 0.462. The molecule has 1 aromatic heterocycles. The second-order valence-electron chi connectivity index (χ2n) is 7.84. The van der Waals surface area contributed by atoms with Crippen LogP contribution < -0.4 is 15.4 Å². The van der Waals surface area contributed by atoms with Crippen LogP contribution in [0.25, 0.3) is 0 Å². The molecule has 3 aromatic rings. The van der Waals surface area contributed by atoms with E-state index < -0.39 is 22.7 Å². The molecule has 0 saturated carbocycles. The zero-order valence-corrected chi connectivity index (χ0v) is 19.3. The number of benzene rings is 2. The third-order valence-electron chi connectivity index (χ3n) is 5.24. The van der Waals surface area contributed by atoms with Crippen molar-refractivity contribution in [2.45, 2.75) is 19.0 Å². The van der Waals surface area contributed by atoms with E-state index >= 15 is 0 Å². The summed E-state index contributed by atoms with van der Waals surface area (Å²) in [4.78, 5) is 21.1. The van der Waals surface area contributed by atoms with Gasteiger partial charge in [0.1, 0.15) is 23.0 Å². The summed E-state index contributed by atoms with van der Waals surface area (Å²) in [7, 11) is 0. The number of carbonyl (C=O) groups is 1. The Labute approximate surface area is 205 Å². The van der Waals surface area contributed by atoms with Crippen LogP contribution in [-0.4, -0.2) is 36.4 Å². The van der Waals surface area contributed by atoms with E-state index in [1.807, 2.05) is 30.3 Å². The summed E-state index contributed by atoms with van der Waals surface area (Å²) < 4.78 is 45.1. The van der Waals surface area contributed by atoms with Gasteiger partial charge in [-0.1, -0.05) is 23.7 Å². The Morgan fingerprint density at radius 2 is 1.94 bits per heavy atom. The molecule has 0 unspecified atom stereocenters. The minimum atomic E-state index is -4.64. The molecule has 0 bridgehead atoms. The van der Waals surface area contributed by atoms with E-state index in [4.69, 9.17) is 16.3 Å². The normalized spacial score (nSPS) is 13.5. The van der Waals surface area contributed by atoms with Gasteiger partial charge in [0.05, 0.1) is 10.6 Å². The molecule has 0 radical (unpaired) electrons. The second kappa shape index (κ2) is 10.8. The molecular formula is C25H22ClF3N4O2. The van der Waals surface area contributed by atoms with Gasteiger partial charge in [0, 0.05) is 37.5 Å². The van der Waals surface area contributed by atoms with Crippen molar-refractivity contribution in [3.8, 4) is 11.5 Å². The third kappa shape index (κ3) is 6.51. The molecule has 0 saturated heterocycles. The van der Waals surface area contributed by atoms with E-state index in [1.165, 1.54) is 6.07 Å². The smallest absolute Gasteiger partial charge is 0.417 e. The van der Waals surface area contributed by atoms with Gasteiger partial charge in [-0.05, 0) is 54.8 Å². The number of carbonyl (C=O) groups excluding carboxylic acids is 1. The molecule has 0 aliphatic carbocycles. The van der Waals surface area contributed by atoms with E-state index in [2.05, 4.69) is 20.6 Å². The van der Waals surface area contributed by atoms with Gasteiger partial charge in [0.15, 0.2) is 0 Å². The highest BCUT2D eigenvalue weighted by Gasteiger charge is 2.33. The average Bonchev–Trinajstić information content (AvgIpc) is 2.84. The van der Waals surface area contributed by atoms with Gasteiger partial charge in [0.2, 0.25) is 0 Å². The largest absolute Gasteiger partial charge is 0.457 e. The molecule has 2 heterocycles. The van der Waals surface area contributed by atoms with E-state index in [9.17, 15) is 18.0 Å². The first-order valence-corrected chi connectivity index (χ1v) is 11.3. The van der Waals surface area contributed by atoms with E-state index in [1.54, 1.807) is 12.3 Å². The van der Waals surface area contributed by atoms with Crippen LogP contribution in [0, 0.1) is 0 Å². The Morgan fingerprint density at radius 1 is 1.11 bits per heavy atom. The number of halogens is 4. The minimum Gasteiger partial charge on any atom is -0.457 e. The van der Waals surface area contributed by atoms with E-state index in [0.29, 0.717) is 23.6 Å². The maximum absolute atomic E-state index is 13.0. The van der Waals surface area contributed by atoms with Crippen LogP contribution in [0.1, 0.15) is 33.6 Å². The number of amides is 1. The zero-order chi connectivity index (χ0) is 24.8. The molecule has 0 atom stereocenters. The van der Waals surface area contributed by atoms with Gasteiger partial charge in [-0.25, -0.2) is 0 Å². The predicted molar refractivity (Wildman–Crippen MR) is 127 cm³/mol. The number of rotatable bonds is 7. The number of aromatic nitrogens is 1. The number of nitrogens with zero attached hydrogens (tertiary/aromatic N) is 2. The standard InChI is InChI=1S/C25H22ClF3N4O2/c26-21-6-5-17(14-20(21)25(27,28)29)24(34)33-11-7-16-3-1-4-18(13-16)35-19-8-12-30-22(15-19)23-31-9-2-10-32-23/h1,3-6,8,12-15H,2,7,9-11H2,(H,31,32)(H,33,34). The minimum absolute atomic E-state index is 0.107. The van der Waals surface area contributed by atoms with Crippen molar-refractivity contribution in [1.29, 1.82) is 0 Å². The van der Waals surface area contributed by atoms with Gasteiger partial charge in [-0.15, -0.1) is 0 Å². The number of pyridine rings is 1. The lowest BCUT2D eigenvalue weighted by Crippen LogP contribution is -2.30. The molecule has 6 nitrogen and oxygen atoms in total. The van der Waals surface area contributed by atoms with Crippen molar-refractivity contribution in [1.82, 2.24) is 15.6 Å². The number of hydrogen-bond donors (Lipinski definition) is 2. The van der Waals surface area contributed by atoms with Crippen LogP contribution in [0.15, 0.2) is 65.8 Å². The fraction of sp³-hybridized carbons (Fsp3) is 0.240. The maximum Gasteiger partial charge on any atom is 0.417 e. The summed E-state index contributed by atoms with van der Waals surface area (Å²) in [5, 5.41) is 5.42. The van der Waals surface area contributed by atoms with Crippen LogP contribution in [0.3, 0.4) is 0 Å². The number of ether oxygens (including phenoxy) is 1. The lowest BCUT2D eigenvalue weighted by atomic mass is 10.1. The van der Waals surface area contributed by atoms with E-state index in [-0.39, 0.29) is 12.1 Å². The molecule has 1 aliphatic heterocycles. The summed E-state index contributed by atoms with van der Waals surface area (Å²) in [6.07, 6.45) is -1.53. The van der Waals surface area contributed by atoms with Crippen molar-refractivity contribution in [3.63, 3.8) is 0 Å². The van der Waals surface area contributed by atoms with Crippen LogP contribution in [0.5, 0.6) is 11.5 Å². The molecule has 1 aliphatic rings. The van der Waals surface area contributed by atoms with Crippen LogP contribution in [-0.2, 0) is 12.6 Å². The van der Waals surface area contributed by atoms with Gasteiger partial charge < -0.3 is 15.4 Å². The second-order valence-corrected chi connectivity index (χ2v) is 8.24. The summed E-state index contributed by atoms with van der Waals surface area (Å²) in [5.41, 5.74) is 0.450. The lowest BCUT2D eigenvalue weighted by molar-refractivity contribution is -0.137. The Bertz CT molecular complexity index is 1250. The number of aliphatic imine (C=N–C) groups is 1. The molecule has 1 amide bonds. The molecule has 4 rings (SSSR count).